The average Bonchev–Trinajstić information content (AvgIpc) is 3.52. The number of amides is 2. The van der Waals surface area contributed by atoms with E-state index in [0.717, 1.165) is 25.1 Å². The summed E-state index contributed by atoms with van der Waals surface area (Å²) in [6, 6.07) is 13.6. The van der Waals surface area contributed by atoms with E-state index in [1.165, 1.54) is 17.0 Å². The molecule has 2 aliphatic rings. The number of thiophene rings is 1. The Morgan fingerprint density at radius 2 is 1.95 bits per heavy atom. The molecule has 2 fully saturated rings. The predicted octanol–water partition coefficient (Wildman–Crippen LogP) is 3.39. The molecule has 0 aliphatic carbocycles. The monoisotopic (exact) mass is 521 g/mol. The molecule has 3 aromatic rings. The topological polar surface area (TPSA) is 68.8 Å². The fraction of sp³-hybridized carbons (Fsp3) is 0.393. The van der Waals surface area contributed by atoms with Crippen LogP contribution in [0.2, 0.25) is 0 Å². The second kappa shape index (κ2) is 11.9. The van der Waals surface area contributed by atoms with Crippen LogP contribution in [-0.2, 0) is 17.9 Å². The second-order valence-electron chi connectivity index (χ2n) is 9.64. The van der Waals surface area contributed by atoms with Gasteiger partial charge in [0, 0.05) is 62.6 Å². The van der Waals surface area contributed by atoms with Crippen molar-refractivity contribution >= 4 is 23.2 Å². The summed E-state index contributed by atoms with van der Waals surface area (Å²) in [5.41, 5.74) is 1.48. The largest absolute Gasteiger partial charge is 0.340 e. The lowest BCUT2D eigenvalue weighted by molar-refractivity contribution is -0.135. The molecule has 2 atom stereocenters. The molecule has 0 bridgehead atoms. The zero-order valence-corrected chi connectivity index (χ0v) is 21.6. The third kappa shape index (κ3) is 6.23. The fourth-order valence-electron chi connectivity index (χ4n) is 5.21. The number of benzene rings is 1. The number of nitrogens with one attached hydrogen (secondary N) is 1. The summed E-state index contributed by atoms with van der Waals surface area (Å²) in [6.45, 7) is 4.73. The summed E-state index contributed by atoms with van der Waals surface area (Å²) in [5, 5.41) is 5.40. The Morgan fingerprint density at radius 1 is 1.08 bits per heavy atom. The smallest absolute Gasteiger partial charge is 0.256 e. The molecule has 1 N–H and O–H groups in total. The highest BCUT2D eigenvalue weighted by Gasteiger charge is 2.43. The number of likely N-dealkylation sites (tertiary alicyclic amines) is 1. The summed E-state index contributed by atoms with van der Waals surface area (Å²) in [5.74, 6) is -0.415. The van der Waals surface area contributed by atoms with Crippen molar-refractivity contribution in [2.24, 2.45) is 0 Å². The van der Waals surface area contributed by atoms with Crippen LogP contribution in [0.25, 0.3) is 0 Å². The van der Waals surface area contributed by atoms with Crippen LogP contribution in [-0.4, -0.2) is 76.3 Å². The van der Waals surface area contributed by atoms with E-state index in [1.807, 2.05) is 11.0 Å². The van der Waals surface area contributed by atoms with Crippen molar-refractivity contribution in [1.82, 2.24) is 25.0 Å². The summed E-state index contributed by atoms with van der Waals surface area (Å²) in [4.78, 5) is 38.8. The molecule has 1 aromatic carbocycles. The quantitative estimate of drug-likeness (QED) is 0.516. The Hall–Kier alpha value is -3.14. The highest BCUT2D eigenvalue weighted by Crippen LogP contribution is 2.29. The normalized spacial score (nSPS) is 20.3. The molecule has 0 saturated carbocycles. The van der Waals surface area contributed by atoms with Gasteiger partial charge in [-0.1, -0.05) is 18.2 Å². The minimum atomic E-state index is -0.533. The van der Waals surface area contributed by atoms with Crippen LogP contribution in [0.4, 0.5) is 4.39 Å². The lowest BCUT2D eigenvalue weighted by Gasteiger charge is -2.29. The molecule has 2 amide bonds. The molecule has 2 aliphatic heterocycles. The molecule has 4 heterocycles. The SMILES string of the molecule is O=C(C1CC(N(Cc2ccc(F)cc2)Cc2cccs2)CN1C(=O)c1cccnc1)N1CCCNCC1. The fourth-order valence-corrected chi connectivity index (χ4v) is 5.94. The number of rotatable bonds is 7. The van der Waals surface area contributed by atoms with Gasteiger partial charge in [0.05, 0.1) is 5.56 Å². The number of nitrogens with zero attached hydrogens (tertiary/aromatic N) is 4. The van der Waals surface area contributed by atoms with Gasteiger partial charge in [0.2, 0.25) is 5.91 Å². The third-order valence-electron chi connectivity index (χ3n) is 7.14. The standard InChI is InChI=1S/C28H32FN5O2S/c29-23-8-6-21(7-9-23)18-33(20-25-5-2-15-37-25)24-16-26(28(36)32-13-3-11-30-12-14-32)34(19-24)27(35)22-4-1-10-31-17-22/h1-2,4-10,15,17,24,26,30H,3,11-14,16,18-20H2. The van der Waals surface area contributed by atoms with Crippen molar-refractivity contribution in [3.63, 3.8) is 0 Å². The van der Waals surface area contributed by atoms with E-state index >= 15 is 0 Å². The van der Waals surface area contributed by atoms with Crippen molar-refractivity contribution in [2.75, 3.05) is 32.7 Å². The van der Waals surface area contributed by atoms with Gasteiger partial charge in [-0.3, -0.25) is 19.5 Å². The van der Waals surface area contributed by atoms with Gasteiger partial charge in [0.1, 0.15) is 11.9 Å². The predicted molar refractivity (Wildman–Crippen MR) is 141 cm³/mol. The van der Waals surface area contributed by atoms with Gasteiger partial charge in [0.15, 0.2) is 0 Å². The molecule has 0 radical (unpaired) electrons. The van der Waals surface area contributed by atoms with E-state index < -0.39 is 6.04 Å². The van der Waals surface area contributed by atoms with Crippen LogP contribution in [0.5, 0.6) is 0 Å². The zero-order valence-electron chi connectivity index (χ0n) is 20.8. The average molecular weight is 522 g/mol. The van der Waals surface area contributed by atoms with Crippen molar-refractivity contribution in [3.05, 3.63) is 88.1 Å². The molecule has 2 saturated heterocycles. The van der Waals surface area contributed by atoms with Crippen LogP contribution in [0.1, 0.15) is 33.6 Å². The Balaban J connectivity index is 1.42. The van der Waals surface area contributed by atoms with E-state index in [1.54, 1.807) is 52.9 Å². The molecule has 7 nitrogen and oxygen atoms in total. The molecule has 2 aromatic heterocycles. The first kappa shape index (κ1) is 25.5. The number of halogens is 1. The summed E-state index contributed by atoms with van der Waals surface area (Å²) in [6.07, 6.45) is 4.66. The maximum atomic E-state index is 13.8. The first-order valence-corrected chi connectivity index (χ1v) is 13.7. The van der Waals surface area contributed by atoms with E-state index in [-0.39, 0.29) is 23.7 Å². The molecule has 9 heteroatoms. The summed E-state index contributed by atoms with van der Waals surface area (Å²) >= 11 is 1.69. The number of aromatic nitrogens is 1. The van der Waals surface area contributed by atoms with Gasteiger partial charge in [-0.25, -0.2) is 4.39 Å². The van der Waals surface area contributed by atoms with E-state index in [0.29, 0.717) is 44.7 Å². The molecule has 0 spiro atoms. The number of carbonyl (C=O) groups excluding carboxylic acids is 2. The lowest BCUT2D eigenvalue weighted by atomic mass is 10.1. The van der Waals surface area contributed by atoms with E-state index in [9.17, 15) is 14.0 Å². The van der Waals surface area contributed by atoms with Gasteiger partial charge < -0.3 is 15.1 Å². The summed E-state index contributed by atoms with van der Waals surface area (Å²) in [7, 11) is 0. The second-order valence-corrected chi connectivity index (χ2v) is 10.7. The Labute approximate surface area is 220 Å². The minimum absolute atomic E-state index is 0.0151. The van der Waals surface area contributed by atoms with Gasteiger partial charge in [-0.15, -0.1) is 11.3 Å². The molecule has 5 rings (SSSR count). The Bertz CT molecular complexity index is 1170. The molecule has 194 valence electrons. The van der Waals surface area contributed by atoms with Crippen molar-refractivity contribution in [3.8, 4) is 0 Å². The summed E-state index contributed by atoms with van der Waals surface area (Å²) < 4.78 is 13.6. The Morgan fingerprint density at radius 3 is 2.70 bits per heavy atom. The number of hydrogen-bond acceptors (Lipinski definition) is 6. The van der Waals surface area contributed by atoms with Crippen LogP contribution in [0.3, 0.4) is 0 Å². The maximum absolute atomic E-state index is 13.8. The van der Waals surface area contributed by atoms with E-state index in [2.05, 4.69) is 26.6 Å². The van der Waals surface area contributed by atoms with Crippen LogP contribution in [0, 0.1) is 5.82 Å². The van der Waals surface area contributed by atoms with Gasteiger partial charge in [-0.2, -0.15) is 0 Å². The molecule has 37 heavy (non-hydrogen) atoms. The van der Waals surface area contributed by atoms with Gasteiger partial charge in [-0.05, 0) is 60.7 Å². The van der Waals surface area contributed by atoms with Crippen LogP contribution < -0.4 is 5.32 Å². The minimum Gasteiger partial charge on any atom is -0.340 e. The number of carbonyl (C=O) groups is 2. The van der Waals surface area contributed by atoms with Crippen LogP contribution in [0.15, 0.2) is 66.3 Å². The Kier molecular flexibility index (Phi) is 8.23. The molecule has 2 unspecified atom stereocenters. The molecular weight excluding hydrogens is 489 g/mol. The first-order chi connectivity index (χ1) is 18.1. The first-order valence-electron chi connectivity index (χ1n) is 12.8. The van der Waals surface area contributed by atoms with Crippen molar-refractivity contribution in [1.29, 1.82) is 0 Å². The van der Waals surface area contributed by atoms with Crippen LogP contribution >= 0.6 is 11.3 Å². The van der Waals surface area contributed by atoms with Gasteiger partial charge >= 0.3 is 0 Å². The van der Waals surface area contributed by atoms with Crippen molar-refractivity contribution in [2.45, 2.75) is 38.0 Å². The van der Waals surface area contributed by atoms with Gasteiger partial charge in [0.25, 0.3) is 5.91 Å². The van der Waals surface area contributed by atoms with E-state index in [4.69, 9.17) is 0 Å². The maximum Gasteiger partial charge on any atom is 0.256 e. The third-order valence-corrected chi connectivity index (χ3v) is 8.00. The number of pyridine rings is 1. The molecular formula is C28H32FN5O2S. The highest BCUT2D eigenvalue weighted by molar-refractivity contribution is 7.09. The van der Waals surface area contributed by atoms with Crippen molar-refractivity contribution < 1.29 is 14.0 Å². The lowest BCUT2D eigenvalue weighted by Crippen LogP contribution is -2.48. The zero-order chi connectivity index (χ0) is 25.6. The highest BCUT2D eigenvalue weighted by atomic mass is 32.1. The number of hydrogen-bond donors (Lipinski definition) is 1.